The van der Waals surface area contributed by atoms with Crippen molar-refractivity contribution >= 4 is 0 Å². The van der Waals surface area contributed by atoms with Crippen LogP contribution in [0.2, 0.25) is 0 Å². The van der Waals surface area contributed by atoms with Crippen molar-refractivity contribution in [1.29, 1.82) is 5.26 Å². The van der Waals surface area contributed by atoms with Gasteiger partial charge in [0.1, 0.15) is 5.75 Å². The molecule has 19 heavy (non-hydrogen) atoms. The summed E-state index contributed by atoms with van der Waals surface area (Å²) in [6.07, 6.45) is 0. The zero-order valence-corrected chi connectivity index (χ0v) is 12.3. The molecule has 0 saturated carbocycles. The third-order valence-electron chi connectivity index (χ3n) is 4.65. The number of hydrogen-bond acceptors (Lipinski definition) is 3. The summed E-state index contributed by atoms with van der Waals surface area (Å²) in [6.45, 7) is 9.37. The van der Waals surface area contributed by atoms with Crippen LogP contribution in [0.5, 0.6) is 5.75 Å². The Morgan fingerprint density at radius 3 is 2.32 bits per heavy atom. The number of rotatable bonds is 3. The maximum atomic E-state index is 9.49. The molecule has 0 bridgehead atoms. The Morgan fingerprint density at radius 2 is 1.89 bits per heavy atom. The Morgan fingerprint density at radius 1 is 1.26 bits per heavy atom. The lowest BCUT2D eigenvalue weighted by Crippen LogP contribution is -2.56. The fraction of sp³-hybridized carbons (Fsp3) is 0.562. The summed E-state index contributed by atoms with van der Waals surface area (Å²) >= 11 is 0. The van der Waals surface area contributed by atoms with Crippen molar-refractivity contribution in [3.05, 3.63) is 28.8 Å². The first-order chi connectivity index (χ1) is 8.89. The first kappa shape index (κ1) is 13.9. The molecule has 0 amide bonds. The van der Waals surface area contributed by atoms with E-state index in [9.17, 15) is 5.26 Å². The molecule has 2 rings (SSSR count). The SMILES string of the molecule is COc1ccc(C2(C(C)(C)C#N)COC2)c(C)c1C. The quantitative estimate of drug-likeness (QED) is 0.837. The van der Waals surface area contributed by atoms with Crippen LogP contribution in [0, 0.1) is 30.6 Å². The maximum Gasteiger partial charge on any atom is 0.122 e. The molecule has 0 N–H and O–H groups in total. The largest absolute Gasteiger partial charge is 0.496 e. The van der Waals surface area contributed by atoms with E-state index in [1.54, 1.807) is 7.11 Å². The van der Waals surface area contributed by atoms with Gasteiger partial charge < -0.3 is 9.47 Å². The predicted octanol–water partition coefficient (Wildman–Crippen LogP) is 3.13. The van der Waals surface area contributed by atoms with E-state index in [-0.39, 0.29) is 5.41 Å². The van der Waals surface area contributed by atoms with E-state index in [0.29, 0.717) is 13.2 Å². The van der Waals surface area contributed by atoms with E-state index in [0.717, 1.165) is 11.3 Å². The van der Waals surface area contributed by atoms with Crippen molar-refractivity contribution in [2.45, 2.75) is 33.1 Å². The second-order valence-electron chi connectivity index (χ2n) is 5.88. The number of ether oxygens (including phenoxy) is 2. The van der Waals surface area contributed by atoms with Crippen LogP contribution >= 0.6 is 0 Å². The molecule has 1 saturated heterocycles. The van der Waals surface area contributed by atoms with E-state index >= 15 is 0 Å². The number of hydrogen-bond donors (Lipinski definition) is 0. The Bertz CT molecular complexity index is 536. The number of methoxy groups -OCH3 is 1. The number of nitriles is 1. The number of benzene rings is 1. The van der Waals surface area contributed by atoms with Crippen LogP contribution in [0.25, 0.3) is 0 Å². The van der Waals surface area contributed by atoms with Crippen molar-refractivity contribution in [1.82, 2.24) is 0 Å². The summed E-state index contributed by atoms with van der Waals surface area (Å²) in [4.78, 5) is 0. The minimum Gasteiger partial charge on any atom is -0.496 e. The van der Waals surface area contributed by atoms with Crippen molar-refractivity contribution < 1.29 is 9.47 Å². The first-order valence-electron chi connectivity index (χ1n) is 6.53. The molecular weight excluding hydrogens is 238 g/mol. The molecular formula is C16H21NO2. The van der Waals surface area contributed by atoms with Gasteiger partial charge >= 0.3 is 0 Å². The zero-order valence-electron chi connectivity index (χ0n) is 12.3. The van der Waals surface area contributed by atoms with E-state index in [1.807, 2.05) is 19.9 Å². The van der Waals surface area contributed by atoms with Gasteiger partial charge in [-0.05, 0) is 50.5 Å². The Hall–Kier alpha value is -1.53. The summed E-state index contributed by atoms with van der Waals surface area (Å²) in [6, 6.07) is 6.52. The summed E-state index contributed by atoms with van der Waals surface area (Å²) in [5.74, 6) is 0.895. The number of nitrogens with zero attached hydrogens (tertiary/aromatic N) is 1. The lowest BCUT2D eigenvalue weighted by molar-refractivity contribution is -0.103. The highest BCUT2D eigenvalue weighted by molar-refractivity contribution is 5.49. The summed E-state index contributed by atoms with van der Waals surface area (Å²) in [5, 5.41) is 9.49. The molecule has 3 nitrogen and oxygen atoms in total. The smallest absolute Gasteiger partial charge is 0.122 e. The van der Waals surface area contributed by atoms with Crippen LogP contribution in [-0.2, 0) is 10.2 Å². The molecule has 3 heteroatoms. The Labute approximate surface area is 115 Å². The molecule has 1 aromatic rings. The third kappa shape index (κ3) is 1.82. The molecule has 1 aliphatic heterocycles. The van der Waals surface area contributed by atoms with Gasteiger partial charge in [-0.3, -0.25) is 0 Å². The average molecular weight is 259 g/mol. The van der Waals surface area contributed by atoms with Gasteiger partial charge in [-0.25, -0.2) is 0 Å². The molecule has 0 radical (unpaired) electrons. The highest BCUT2D eigenvalue weighted by Crippen LogP contribution is 2.49. The normalized spacial score (nSPS) is 17.5. The summed E-state index contributed by atoms with van der Waals surface area (Å²) in [5.41, 5.74) is 2.90. The van der Waals surface area contributed by atoms with Crippen molar-refractivity contribution in [2.75, 3.05) is 20.3 Å². The van der Waals surface area contributed by atoms with Crippen LogP contribution in [0.15, 0.2) is 12.1 Å². The molecule has 1 aliphatic rings. The lowest BCUT2D eigenvalue weighted by Gasteiger charge is -2.50. The van der Waals surface area contributed by atoms with E-state index < -0.39 is 5.41 Å². The molecule has 0 unspecified atom stereocenters. The van der Waals surface area contributed by atoms with Gasteiger partial charge in [-0.2, -0.15) is 5.26 Å². The van der Waals surface area contributed by atoms with E-state index in [1.165, 1.54) is 11.1 Å². The van der Waals surface area contributed by atoms with E-state index in [2.05, 4.69) is 26.0 Å². The fourth-order valence-corrected chi connectivity index (χ4v) is 2.80. The fourth-order valence-electron chi connectivity index (χ4n) is 2.80. The van der Waals surface area contributed by atoms with Gasteiger partial charge in [-0.1, -0.05) is 6.07 Å². The molecule has 0 aliphatic carbocycles. The minimum atomic E-state index is -0.447. The molecule has 1 aromatic carbocycles. The second-order valence-corrected chi connectivity index (χ2v) is 5.88. The highest BCUT2D eigenvalue weighted by atomic mass is 16.5. The lowest BCUT2D eigenvalue weighted by atomic mass is 9.60. The maximum absolute atomic E-state index is 9.49. The van der Waals surface area contributed by atoms with Crippen LogP contribution in [0.1, 0.15) is 30.5 Å². The van der Waals surface area contributed by atoms with Crippen LogP contribution in [0.4, 0.5) is 0 Å². The summed E-state index contributed by atoms with van der Waals surface area (Å²) in [7, 11) is 1.68. The van der Waals surface area contributed by atoms with Gasteiger partial charge in [0.25, 0.3) is 0 Å². The molecule has 0 atom stereocenters. The Kier molecular flexibility index (Phi) is 3.32. The zero-order chi connectivity index (χ0) is 14.3. The minimum absolute atomic E-state index is 0.205. The van der Waals surface area contributed by atoms with Crippen LogP contribution in [0.3, 0.4) is 0 Å². The second kappa shape index (κ2) is 4.54. The molecule has 1 heterocycles. The van der Waals surface area contributed by atoms with Crippen molar-refractivity contribution in [3.63, 3.8) is 0 Å². The topological polar surface area (TPSA) is 42.2 Å². The summed E-state index contributed by atoms with van der Waals surface area (Å²) < 4.78 is 10.8. The third-order valence-corrected chi connectivity index (χ3v) is 4.65. The van der Waals surface area contributed by atoms with Gasteiger partial charge in [-0.15, -0.1) is 0 Å². The van der Waals surface area contributed by atoms with Gasteiger partial charge in [0.2, 0.25) is 0 Å². The first-order valence-corrected chi connectivity index (χ1v) is 6.53. The Balaban J connectivity index is 2.59. The average Bonchev–Trinajstić information content (AvgIpc) is 2.33. The molecule has 0 aromatic heterocycles. The molecule has 102 valence electrons. The molecule has 0 spiro atoms. The monoisotopic (exact) mass is 259 g/mol. The van der Waals surface area contributed by atoms with Crippen molar-refractivity contribution in [2.24, 2.45) is 5.41 Å². The van der Waals surface area contributed by atoms with Crippen molar-refractivity contribution in [3.8, 4) is 11.8 Å². The standard InChI is InChI=1S/C16H21NO2/c1-11-12(2)14(18-5)7-6-13(11)16(9-19-10-16)15(3,4)8-17/h6-7H,9-10H2,1-5H3. The van der Waals surface area contributed by atoms with Crippen LogP contribution in [-0.4, -0.2) is 20.3 Å². The van der Waals surface area contributed by atoms with Gasteiger partial charge in [0.15, 0.2) is 0 Å². The van der Waals surface area contributed by atoms with E-state index in [4.69, 9.17) is 9.47 Å². The van der Waals surface area contributed by atoms with Gasteiger partial charge in [0.05, 0.1) is 37.2 Å². The predicted molar refractivity (Wildman–Crippen MR) is 74.4 cm³/mol. The van der Waals surface area contributed by atoms with Gasteiger partial charge in [0, 0.05) is 0 Å². The molecule has 1 fully saturated rings. The highest BCUT2D eigenvalue weighted by Gasteiger charge is 2.53. The van der Waals surface area contributed by atoms with Crippen LogP contribution < -0.4 is 4.74 Å².